The Labute approximate surface area is 150 Å². The maximum Gasteiger partial charge on any atom is 0.359 e. The average Bonchev–Trinajstić information content (AvgIpc) is 3.07. The van der Waals surface area contributed by atoms with E-state index in [1.54, 1.807) is 25.0 Å². The van der Waals surface area contributed by atoms with Gasteiger partial charge in [0.2, 0.25) is 0 Å². The zero-order valence-electron chi connectivity index (χ0n) is 13.7. The van der Waals surface area contributed by atoms with E-state index in [0.717, 1.165) is 26.7 Å². The van der Waals surface area contributed by atoms with Crippen LogP contribution >= 0.6 is 11.8 Å². The van der Waals surface area contributed by atoms with Crippen LogP contribution < -0.4 is 0 Å². The molecule has 0 radical (unpaired) electrons. The molecule has 5 heteroatoms. The molecule has 1 aromatic heterocycles. The fourth-order valence-electron chi connectivity index (χ4n) is 2.80. The van der Waals surface area contributed by atoms with Gasteiger partial charge in [0, 0.05) is 10.5 Å². The number of esters is 1. The van der Waals surface area contributed by atoms with Crippen molar-refractivity contribution in [3.05, 3.63) is 77.7 Å². The Bertz CT molecular complexity index is 961. The topological polar surface area (TPSA) is 44.1 Å². The van der Waals surface area contributed by atoms with Gasteiger partial charge in [-0.2, -0.15) is 0 Å². The summed E-state index contributed by atoms with van der Waals surface area (Å²) in [6.07, 6.45) is 3.82. The van der Waals surface area contributed by atoms with E-state index in [4.69, 9.17) is 4.74 Å². The molecule has 0 bridgehead atoms. The second kappa shape index (κ2) is 6.61. The van der Waals surface area contributed by atoms with E-state index in [1.165, 1.54) is 0 Å². The number of rotatable bonds is 3. The Hall–Kier alpha value is -2.79. The summed E-state index contributed by atoms with van der Waals surface area (Å²) in [5.74, 6) is -0.387. The van der Waals surface area contributed by atoms with Gasteiger partial charge in [0.25, 0.3) is 0 Å². The number of carbonyl (C=O) groups excluding carboxylic acids is 1. The van der Waals surface area contributed by atoms with Crippen molar-refractivity contribution in [1.29, 1.82) is 0 Å². The molecule has 124 valence electrons. The summed E-state index contributed by atoms with van der Waals surface area (Å²) < 4.78 is 7.10. The minimum Gasteiger partial charge on any atom is -0.461 e. The molecule has 1 aliphatic rings. The van der Waals surface area contributed by atoms with Crippen molar-refractivity contribution in [1.82, 2.24) is 9.55 Å². The molecule has 0 fully saturated rings. The van der Waals surface area contributed by atoms with Gasteiger partial charge < -0.3 is 4.74 Å². The van der Waals surface area contributed by atoms with Crippen LogP contribution in [0.15, 0.2) is 66.0 Å². The van der Waals surface area contributed by atoms with E-state index in [2.05, 4.69) is 29.3 Å². The minimum absolute atomic E-state index is 0.332. The SMILES string of the molecule is CCOC(=O)c1ncn2c1S/C(=C/c1ccccc1)c1ccccc1-2. The normalized spacial score (nSPS) is 14.0. The lowest BCUT2D eigenvalue weighted by Crippen LogP contribution is -2.10. The molecule has 0 unspecified atom stereocenters. The van der Waals surface area contributed by atoms with Gasteiger partial charge in [-0.15, -0.1) is 0 Å². The van der Waals surface area contributed by atoms with Crippen LogP contribution in [0.1, 0.15) is 28.5 Å². The van der Waals surface area contributed by atoms with Gasteiger partial charge in [-0.3, -0.25) is 4.57 Å². The summed E-state index contributed by atoms with van der Waals surface area (Å²) in [7, 11) is 0. The molecule has 2 aromatic carbocycles. The number of thioether (sulfide) groups is 1. The number of hydrogen-bond acceptors (Lipinski definition) is 4. The lowest BCUT2D eigenvalue weighted by Gasteiger charge is -2.21. The molecule has 0 atom stereocenters. The van der Waals surface area contributed by atoms with Crippen LogP contribution in [-0.2, 0) is 4.74 Å². The first-order valence-corrected chi connectivity index (χ1v) is 8.88. The zero-order chi connectivity index (χ0) is 17.2. The minimum atomic E-state index is -0.387. The Morgan fingerprint density at radius 3 is 2.72 bits per heavy atom. The largest absolute Gasteiger partial charge is 0.461 e. The first-order chi connectivity index (χ1) is 12.3. The van der Waals surface area contributed by atoms with Gasteiger partial charge in [0.05, 0.1) is 12.3 Å². The molecule has 0 spiro atoms. The summed E-state index contributed by atoms with van der Waals surface area (Å²) in [6, 6.07) is 18.3. The monoisotopic (exact) mass is 348 g/mol. The van der Waals surface area contributed by atoms with Gasteiger partial charge in [-0.1, -0.05) is 60.3 Å². The standard InChI is InChI=1S/C20H16N2O2S/c1-2-24-20(23)18-19-22(13-21-18)16-11-7-6-10-15(16)17(25-19)12-14-8-4-3-5-9-14/h3-13H,2H2,1H3/b17-12+. The molecule has 3 aromatic rings. The van der Waals surface area contributed by atoms with E-state index >= 15 is 0 Å². The van der Waals surface area contributed by atoms with E-state index in [-0.39, 0.29) is 5.97 Å². The number of ether oxygens (including phenoxy) is 1. The van der Waals surface area contributed by atoms with Gasteiger partial charge in [0.1, 0.15) is 11.4 Å². The number of imidazole rings is 1. The highest BCUT2D eigenvalue weighted by Crippen LogP contribution is 2.45. The molecular formula is C20H16N2O2S. The first kappa shape index (κ1) is 15.7. The third kappa shape index (κ3) is 2.87. The van der Waals surface area contributed by atoms with Crippen LogP contribution in [0.3, 0.4) is 0 Å². The van der Waals surface area contributed by atoms with Gasteiger partial charge in [-0.25, -0.2) is 9.78 Å². The van der Waals surface area contributed by atoms with Crippen LogP contribution in [-0.4, -0.2) is 22.1 Å². The Kier molecular flexibility index (Phi) is 4.15. The van der Waals surface area contributed by atoms with E-state index in [9.17, 15) is 4.79 Å². The molecule has 0 aliphatic carbocycles. The fraction of sp³-hybridized carbons (Fsp3) is 0.100. The number of hydrogen-bond donors (Lipinski definition) is 0. The Morgan fingerprint density at radius 2 is 1.92 bits per heavy atom. The highest BCUT2D eigenvalue weighted by Gasteiger charge is 2.27. The van der Waals surface area contributed by atoms with Crippen molar-refractivity contribution in [2.75, 3.05) is 6.61 Å². The summed E-state index contributed by atoms with van der Waals surface area (Å²) in [5.41, 5.74) is 3.61. The lowest BCUT2D eigenvalue weighted by molar-refractivity contribution is 0.0515. The Morgan fingerprint density at radius 1 is 1.16 bits per heavy atom. The Balaban J connectivity index is 1.85. The van der Waals surface area contributed by atoms with E-state index in [1.807, 2.05) is 41.0 Å². The summed E-state index contributed by atoms with van der Waals surface area (Å²) in [4.78, 5) is 17.6. The predicted molar refractivity (Wildman–Crippen MR) is 99.7 cm³/mol. The van der Waals surface area contributed by atoms with Crippen molar-refractivity contribution in [3.63, 3.8) is 0 Å². The maximum absolute atomic E-state index is 12.2. The third-order valence-electron chi connectivity index (χ3n) is 3.93. The smallest absolute Gasteiger partial charge is 0.359 e. The molecule has 25 heavy (non-hydrogen) atoms. The zero-order valence-corrected chi connectivity index (χ0v) is 14.5. The summed E-state index contributed by atoms with van der Waals surface area (Å²) >= 11 is 1.54. The van der Waals surface area contributed by atoms with Crippen LogP contribution in [0.4, 0.5) is 0 Å². The van der Waals surface area contributed by atoms with Gasteiger partial charge in [-0.05, 0) is 24.6 Å². The van der Waals surface area contributed by atoms with Gasteiger partial charge >= 0.3 is 5.97 Å². The number of carbonyl (C=O) groups is 1. The third-order valence-corrected chi connectivity index (χ3v) is 5.07. The summed E-state index contributed by atoms with van der Waals surface area (Å²) in [6.45, 7) is 2.13. The second-order valence-corrected chi connectivity index (χ2v) is 6.56. The molecule has 4 nitrogen and oxygen atoms in total. The van der Waals surface area contributed by atoms with Gasteiger partial charge in [0.15, 0.2) is 5.69 Å². The molecule has 0 amide bonds. The highest BCUT2D eigenvalue weighted by atomic mass is 32.2. The van der Waals surface area contributed by atoms with E-state index < -0.39 is 0 Å². The van der Waals surface area contributed by atoms with Crippen molar-refractivity contribution in [2.24, 2.45) is 0 Å². The van der Waals surface area contributed by atoms with Crippen LogP contribution in [0.2, 0.25) is 0 Å². The van der Waals surface area contributed by atoms with Crippen molar-refractivity contribution in [3.8, 4) is 5.69 Å². The van der Waals surface area contributed by atoms with Crippen LogP contribution in [0, 0.1) is 0 Å². The number of fused-ring (bicyclic) bond motifs is 3. The molecule has 0 saturated heterocycles. The number of aromatic nitrogens is 2. The lowest BCUT2D eigenvalue weighted by atomic mass is 10.1. The molecule has 2 heterocycles. The van der Waals surface area contributed by atoms with E-state index in [0.29, 0.717) is 12.3 Å². The molecule has 4 rings (SSSR count). The second-order valence-electron chi connectivity index (χ2n) is 5.53. The van der Waals surface area contributed by atoms with Crippen molar-refractivity contribution in [2.45, 2.75) is 11.9 Å². The first-order valence-electron chi connectivity index (χ1n) is 8.06. The highest BCUT2D eigenvalue weighted by molar-refractivity contribution is 8.08. The quantitative estimate of drug-likeness (QED) is 0.646. The molecule has 0 N–H and O–H groups in total. The van der Waals surface area contributed by atoms with Crippen molar-refractivity contribution < 1.29 is 9.53 Å². The molecular weight excluding hydrogens is 332 g/mol. The predicted octanol–water partition coefficient (Wildman–Crippen LogP) is 4.65. The number of nitrogens with zero attached hydrogens (tertiary/aromatic N) is 2. The van der Waals surface area contributed by atoms with Crippen LogP contribution in [0.5, 0.6) is 0 Å². The molecule has 0 saturated carbocycles. The maximum atomic E-state index is 12.2. The van der Waals surface area contributed by atoms with Crippen LogP contribution in [0.25, 0.3) is 16.7 Å². The molecule has 1 aliphatic heterocycles. The summed E-state index contributed by atoms with van der Waals surface area (Å²) in [5, 5.41) is 0.791. The van der Waals surface area contributed by atoms with Crippen molar-refractivity contribution >= 4 is 28.7 Å². The number of benzene rings is 2. The average molecular weight is 348 g/mol. The number of para-hydroxylation sites is 1. The fourth-order valence-corrected chi connectivity index (χ4v) is 3.97.